The summed E-state index contributed by atoms with van der Waals surface area (Å²) in [6.07, 6.45) is 16.4. The molecular weight excluding hydrogens is 524 g/mol. The van der Waals surface area contributed by atoms with Crippen LogP contribution < -0.4 is 21.5 Å². The first-order valence-corrected chi connectivity index (χ1v) is 17.0. The van der Waals surface area contributed by atoms with Crippen LogP contribution in [0.15, 0.2) is 4.99 Å². The number of hydrazine groups is 1. The lowest BCUT2D eigenvalue weighted by atomic mass is 9.72. The quantitative estimate of drug-likeness (QED) is 0.343. The van der Waals surface area contributed by atoms with Crippen molar-refractivity contribution in [3.8, 4) is 0 Å². The molecule has 3 saturated carbocycles. The van der Waals surface area contributed by atoms with Crippen molar-refractivity contribution >= 4 is 23.2 Å². The van der Waals surface area contributed by atoms with Gasteiger partial charge in [0.05, 0.1) is 30.9 Å². The molecule has 8 unspecified atom stereocenters. The van der Waals surface area contributed by atoms with Crippen molar-refractivity contribution in [2.24, 2.45) is 28.7 Å². The fourth-order valence-corrected chi connectivity index (χ4v) is 9.40. The van der Waals surface area contributed by atoms with Crippen molar-refractivity contribution in [3.63, 3.8) is 0 Å². The van der Waals surface area contributed by atoms with E-state index >= 15 is 0 Å². The van der Waals surface area contributed by atoms with Gasteiger partial charge in [0.2, 0.25) is 5.91 Å². The number of hydrogen-bond acceptors (Lipinski definition) is 7. The zero-order chi connectivity index (χ0) is 27.6. The van der Waals surface area contributed by atoms with Gasteiger partial charge in [-0.3, -0.25) is 14.7 Å². The molecule has 1 amide bonds. The Bertz CT molecular complexity index is 897. The summed E-state index contributed by atoms with van der Waals surface area (Å²) in [7, 11) is 1.85. The molecule has 0 radical (unpaired) electrons. The zero-order valence-corrected chi connectivity index (χ0v) is 25.5. The van der Waals surface area contributed by atoms with Gasteiger partial charge in [-0.25, -0.2) is 10.9 Å². The van der Waals surface area contributed by atoms with Crippen LogP contribution in [0.5, 0.6) is 0 Å². The van der Waals surface area contributed by atoms with E-state index in [0.29, 0.717) is 30.2 Å². The van der Waals surface area contributed by atoms with Crippen LogP contribution in [0.3, 0.4) is 0 Å². The minimum atomic E-state index is -0.105. The maximum Gasteiger partial charge on any atom is 0.222 e. The smallest absolute Gasteiger partial charge is 0.222 e. The minimum absolute atomic E-state index is 0.0278. The second-order valence-corrected chi connectivity index (χ2v) is 14.4. The highest BCUT2D eigenvalue weighted by Crippen LogP contribution is 2.42. The van der Waals surface area contributed by atoms with Crippen LogP contribution in [0.4, 0.5) is 0 Å². The average Bonchev–Trinajstić information content (AvgIpc) is 3.30. The number of hydrogen-bond donors (Lipinski definition) is 4. The van der Waals surface area contributed by atoms with E-state index in [2.05, 4.69) is 33.3 Å². The Labute approximate surface area is 246 Å². The predicted molar refractivity (Wildman–Crippen MR) is 160 cm³/mol. The number of alkyl halides is 1. The fourth-order valence-electron chi connectivity index (χ4n) is 9.15. The van der Waals surface area contributed by atoms with E-state index in [9.17, 15) is 4.79 Å². The summed E-state index contributed by atoms with van der Waals surface area (Å²) in [5.74, 6) is 2.49. The number of nitrogens with one attached hydrogen (secondary N) is 4. The number of carbonyl (C=O) groups excluding carboxylic acids is 1. The molecule has 3 aliphatic carbocycles. The fraction of sp³-hybridized carbons (Fsp3) is 0.935. The van der Waals surface area contributed by atoms with Crippen molar-refractivity contribution in [2.45, 2.75) is 139 Å². The van der Waals surface area contributed by atoms with Crippen LogP contribution in [-0.4, -0.2) is 78.7 Å². The van der Waals surface area contributed by atoms with Gasteiger partial charge in [0, 0.05) is 42.7 Å². The molecule has 0 aromatic carbocycles. The molecular formula is C31H53ClN6O2. The molecule has 2 saturated heterocycles. The third-order valence-corrected chi connectivity index (χ3v) is 11.7. The first-order valence-electron chi connectivity index (χ1n) is 16.5. The van der Waals surface area contributed by atoms with E-state index in [1.807, 2.05) is 7.11 Å². The number of piperidine rings is 1. The molecule has 5 fully saturated rings. The Morgan fingerprint density at radius 3 is 2.73 bits per heavy atom. The average molecular weight is 577 g/mol. The Morgan fingerprint density at radius 1 is 1.07 bits per heavy atom. The monoisotopic (exact) mass is 576 g/mol. The summed E-state index contributed by atoms with van der Waals surface area (Å²) >= 11 is 6.53. The lowest BCUT2D eigenvalue weighted by Gasteiger charge is -2.44. The third kappa shape index (κ3) is 6.42. The van der Waals surface area contributed by atoms with Crippen molar-refractivity contribution in [3.05, 3.63) is 0 Å². The van der Waals surface area contributed by atoms with Gasteiger partial charge in [-0.05, 0) is 102 Å². The van der Waals surface area contributed by atoms with Gasteiger partial charge in [0.25, 0.3) is 0 Å². The van der Waals surface area contributed by atoms with Crippen LogP contribution in [0.2, 0.25) is 0 Å². The number of methoxy groups -OCH3 is 1. The molecule has 8 nitrogen and oxygen atoms in total. The molecule has 40 heavy (non-hydrogen) atoms. The van der Waals surface area contributed by atoms with Gasteiger partial charge in [0.15, 0.2) is 0 Å². The van der Waals surface area contributed by atoms with Crippen molar-refractivity contribution < 1.29 is 9.53 Å². The van der Waals surface area contributed by atoms with Gasteiger partial charge in [-0.2, -0.15) is 0 Å². The summed E-state index contributed by atoms with van der Waals surface area (Å²) in [6, 6.07) is 1.05. The van der Waals surface area contributed by atoms with Crippen LogP contribution >= 0.6 is 11.6 Å². The van der Waals surface area contributed by atoms with Gasteiger partial charge in [-0.15, -0.1) is 11.6 Å². The Morgan fingerprint density at radius 2 is 1.90 bits per heavy atom. The van der Waals surface area contributed by atoms with E-state index in [-0.39, 0.29) is 35.8 Å². The third-order valence-electron chi connectivity index (χ3n) is 11.3. The second kappa shape index (κ2) is 13.3. The Balaban J connectivity index is 1.13. The molecule has 6 aliphatic rings. The summed E-state index contributed by atoms with van der Waals surface area (Å²) in [6.45, 7) is 4.11. The molecule has 0 aromatic rings. The van der Waals surface area contributed by atoms with E-state index in [1.54, 1.807) is 0 Å². The molecule has 0 bridgehead atoms. The van der Waals surface area contributed by atoms with Crippen LogP contribution in [0, 0.1) is 23.7 Å². The number of aliphatic imine (C=N–C) groups is 1. The first kappa shape index (κ1) is 29.3. The first-order chi connectivity index (χ1) is 19.5. The summed E-state index contributed by atoms with van der Waals surface area (Å²) in [4.78, 5) is 21.5. The van der Waals surface area contributed by atoms with Gasteiger partial charge < -0.3 is 15.4 Å². The largest absolute Gasteiger partial charge is 0.381 e. The summed E-state index contributed by atoms with van der Waals surface area (Å²) < 4.78 is 5.89. The number of carbonyl (C=O) groups is 1. The number of rotatable bonds is 7. The van der Waals surface area contributed by atoms with E-state index in [1.165, 1.54) is 37.8 Å². The topological polar surface area (TPSA) is 90.0 Å². The van der Waals surface area contributed by atoms with Crippen LogP contribution in [-0.2, 0) is 9.53 Å². The van der Waals surface area contributed by atoms with Crippen molar-refractivity contribution in [1.82, 2.24) is 26.4 Å². The number of amides is 1. The normalized spacial score (nSPS) is 44.1. The van der Waals surface area contributed by atoms with E-state index < -0.39 is 0 Å². The molecule has 4 N–H and O–H groups in total. The highest BCUT2D eigenvalue weighted by atomic mass is 35.5. The SMILES string of the molecule is COC1CCC2C(C1)C(C1CCC(Cl)CC1)=N[C@@H](CC(=O)NCCC1CNC3CCCCC3C1)C1NNC(C)N21. The van der Waals surface area contributed by atoms with E-state index in [0.717, 1.165) is 76.4 Å². The molecule has 6 rings (SSSR count). The van der Waals surface area contributed by atoms with Gasteiger partial charge in [0.1, 0.15) is 0 Å². The van der Waals surface area contributed by atoms with E-state index in [4.69, 9.17) is 21.3 Å². The second-order valence-electron chi connectivity index (χ2n) is 13.8. The number of ether oxygens (including phenoxy) is 1. The standard InChI is InChI=1S/C31H53ClN6O2/c1-19-36-37-31-27(17-29(39)33-14-13-20-15-22-5-3-4-6-26(22)34-18-20)35-30(21-7-9-23(32)10-8-21)25-16-24(40-2)11-12-28(25)38(19)31/h19-28,31,34,36-37H,3-18H2,1-2H3,(H,33,39)/t19?,20?,21?,22?,23?,24?,25?,26?,27-,28?,31?/m0/s1. The highest BCUT2D eigenvalue weighted by molar-refractivity contribution is 6.20. The van der Waals surface area contributed by atoms with Crippen molar-refractivity contribution in [2.75, 3.05) is 20.2 Å². The Kier molecular flexibility index (Phi) is 9.71. The molecule has 9 heteroatoms. The molecule has 3 aliphatic heterocycles. The maximum absolute atomic E-state index is 13.4. The predicted octanol–water partition coefficient (Wildman–Crippen LogP) is 3.94. The highest BCUT2D eigenvalue weighted by Gasteiger charge is 2.50. The number of fused-ring (bicyclic) bond motifs is 4. The molecule has 226 valence electrons. The number of halogens is 1. The van der Waals surface area contributed by atoms with Gasteiger partial charge in [-0.1, -0.05) is 12.8 Å². The van der Waals surface area contributed by atoms with Crippen LogP contribution in [0.1, 0.15) is 96.8 Å². The number of nitrogens with zero attached hydrogens (tertiary/aromatic N) is 2. The molecule has 3 heterocycles. The minimum Gasteiger partial charge on any atom is -0.381 e. The Hall–Kier alpha value is -0.770. The maximum atomic E-state index is 13.4. The lowest BCUT2D eigenvalue weighted by Crippen LogP contribution is -2.55. The van der Waals surface area contributed by atoms with Crippen LogP contribution in [0.25, 0.3) is 0 Å². The van der Waals surface area contributed by atoms with Gasteiger partial charge >= 0.3 is 0 Å². The zero-order valence-electron chi connectivity index (χ0n) is 24.8. The summed E-state index contributed by atoms with van der Waals surface area (Å²) in [5, 5.41) is 7.40. The summed E-state index contributed by atoms with van der Waals surface area (Å²) in [5.41, 5.74) is 8.39. The molecule has 0 aromatic heterocycles. The lowest BCUT2D eigenvalue weighted by molar-refractivity contribution is -0.121. The van der Waals surface area contributed by atoms with Crippen molar-refractivity contribution in [1.29, 1.82) is 0 Å². The molecule has 0 spiro atoms. The molecule has 9 atom stereocenters.